The number of piperazine rings is 1. The lowest BCUT2D eigenvalue weighted by molar-refractivity contribution is -0.132. The molecule has 1 saturated heterocycles. The molecule has 9 heteroatoms. The predicted octanol–water partition coefficient (Wildman–Crippen LogP) is 2.70. The van der Waals surface area contributed by atoms with Gasteiger partial charge in [-0.05, 0) is 31.2 Å². The number of carbonyl (C=O) groups is 1. The van der Waals surface area contributed by atoms with Crippen molar-refractivity contribution in [3.05, 3.63) is 83.0 Å². The SMILES string of the molecule is Cc1cccc(Sc2nccn3c(=O)n(CC(=O)N4CCN(c5ccccc5)CC4)nc23)c1. The number of carbonyl (C=O) groups excluding carboxylic acids is 1. The number of amides is 1. The summed E-state index contributed by atoms with van der Waals surface area (Å²) in [5.41, 5.74) is 2.42. The maximum absolute atomic E-state index is 12.9. The van der Waals surface area contributed by atoms with Crippen molar-refractivity contribution in [2.75, 3.05) is 31.1 Å². The summed E-state index contributed by atoms with van der Waals surface area (Å²) in [6.45, 7) is 4.70. The third kappa shape index (κ3) is 4.49. The molecule has 8 nitrogen and oxygen atoms in total. The first-order valence-corrected chi connectivity index (χ1v) is 11.7. The van der Waals surface area contributed by atoms with Crippen LogP contribution in [0.3, 0.4) is 0 Å². The Morgan fingerprint density at radius 1 is 1.03 bits per heavy atom. The van der Waals surface area contributed by atoms with Gasteiger partial charge >= 0.3 is 5.69 Å². The van der Waals surface area contributed by atoms with E-state index in [9.17, 15) is 9.59 Å². The van der Waals surface area contributed by atoms with Crippen LogP contribution in [0.2, 0.25) is 0 Å². The van der Waals surface area contributed by atoms with Gasteiger partial charge in [0.25, 0.3) is 0 Å². The number of para-hydroxylation sites is 1. The number of nitrogens with zero attached hydrogens (tertiary/aromatic N) is 6. The van der Waals surface area contributed by atoms with Crippen LogP contribution in [-0.2, 0) is 11.3 Å². The van der Waals surface area contributed by atoms with E-state index in [0.717, 1.165) is 29.2 Å². The molecule has 1 fully saturated rings. The fourth-order valence-corrected chi connectivity index (χ4v) is 4.93. The van der Waals surface area contributed by atoms with E-state index in [1.165, 1.54) is 20.8 Å². The highest BCUT2D eigenvalue weighted by atomic mass is 32.2. The van der Waals surface area contributed by atoms with Crippen LogP contribution in [0.25, 0.3) is 5.65 Å². The van der Waals surface area contributed by atoms with Gasteiger partial charge in [-0.1, -0.05) is 47.7 Å². The molecular weight excluding hydrogens is 436 g/mol. The predicted molar refractivity (Wildman–Crippen MR) is 128 cm³/mol. The van der Waals surface area contributed by atoms with Crippen molar-refractivity contribution >= 4 is 29.0 Å². The molecule has 33 heavy (non-hydrogen) atoms. The molecule has 0 N–H and O–H groups in total. The molecule has 0 atom stereocenters. The van der Waals surface area contributed by atoms with Gasteiger partial charge in [-0.3, -0.25) is 4.79 Å². The summed E-state index contributed by atoms with van der Waals surface area (Å²) < 4.78 is 2.69. The van der Waals surface area contributed by atoms with Crippen molar-refractivity contribution in [3.8, 4) is 0 Å². The Bertz CT molecular complexity index is 1340. The Hall–Kier alpha value is -3.59. The quantitative estimate of drug-likeness (QED) is 0.456. The molecule has 0 spiro atoms. The van der Waals surface area contributed by atoms with Crippen molar-refractivity contribution in [1.29, 1.82) is 0 Å². The van der Waals surface area contributed by atoms with Crippen LogP contribution in [0, 0.1) is 6.92 Å². The highest BCUT2D eigenvalue weighted by Gasteiger charge is 2.23. The summed E-state index contributed by atoms with van der Waals surface area (Å²) in [6, 6.07) is 18.3. The molecule has 0 saturated carbocycles. The molecule has 2 aromatic heterocycles. The number of rotatable bonds is 5. The van der Waals surface area contributed by atoms with Gasteiger partial charge in [0.1, 0.15) is 11.6 Å². The number of aryl methyl sites for hydroxylation is 1. The van der Waals surface area contributed by atoms with Crippen LogP contribution in [0.4, 0.5) is 5.69 Å². The normalized spacial score (nSPS) is 14.1. The molecule has 3 heterocycles. The maximum Gasteiger partial charge on any atom is 0.350 e. The molecule has 1 aliphatic heterocycles. The molecule has 0 unspecified atom stereocenters. The molecule has 168 valence electrons. The van der Waals surface area contributed by atoms with Crippen molar-refractivity contribution < 1.29 is 4.79 Å². The molecule has 4 aromatic rings. The maximum atomic E-state index is 12.9. The largest absolute Gasteiger partial charge is 0.368 e. The summed E-state index contributed by atoms with van der Waals surface area (Å²) in [7, 11) is 0. The zero-order valence-electron chi connectivity index (χ0n) is 18.3. The third-order valence-corrected chi connectivity index (χ3v) is 6.68. The standard InChI is InChI=1S/C24H24N6O2S/c1-18-6-5-9-20(16-18)33-23-22-26-30(24(32)29(22)11-10-25-23)17-21(31)28-14-12-27(13-15-28)19-7-3-2-4-8-19/h2-11,16H,12-15,17H2,1H3. The van der Waals surface area contributed by atoms with E-state index in [0.29, 0.717) is 23.8 Å². The Balaban J connectivity index is 1.31. The van der Waals surface area contributed by atoms with Gasteiger partial charge in [0, 0.05) is 49.2 Å². The Morgan fingerprint density at radius 3 is 2.58 bits per heavy atom. The summed E-state index contributed by atoms with van der Waals surface area (Å²) >= 11 is 1.45. The van der Waals surface area contributed by atoms with Crippen LogP contribution in [0.5, 0.6) is 0 Å². The van der Waals surface area contributed by atoms with Crippen LogP contribution in [0.1, 0.15) is 5.56 Å². The second-order valence-corrected chi connectivity index (χ2v) is 9.05. The molecular formula is C24H24N6O2S. The van der Waals surface area contributed by atoms with Gasteiger partial charge in [-0.15, -0.1) is 5.10 Å². The van der Waals surface area contributed by atoms with E-state index in [2.05, 4.69) is 33.2 Å². The van der Waals surface area contributed by atoms with E-state index in [1.54, 1.807) is 17.3 Å². The smallest absolute Gasteiger partial charge is 0.350 e. The zero-order valence-corrected chi connectivity index (χ0v) is 19.1. The molecule has 5 rings (SSSR count). The number of benzene rings is 2. The zero-order chi connectivity index (χ0) is 22.8. The molecule has 1 amide bonds. The van der Waals surface area contributed by atoms with Gasteiger partial charge in [0.15, 0.2) is 5.65 Å². The fraction of sp³-hybridized carbons (Fsp3) is 0.250. The Kier molecular flexibility index (Phi) is 5.87. The molecule has 0 aliphatic carbocycles. The van der Waals surface area contributed by atoms with Crippen LogP contribution in [0.15, 0.2) is 81.7 Å². The highest BCUT2D eigenvalue weighted by Crippen LogP contribution is 2.28. The second-order valence-electron chi connectivity index (χ2n) is 7.99. The molecule has 1 aliphatic rings. The fourth-order valence-electron chi connectivity index (χ4n) is 3.97. The van der Waals surface area contributed by atoms with Gasteiger partial charge < -0.3 is 9.80 Å². The molecule has 0 bridgehead atoms. The summed E-state index contributed by atoms with van der Waals surface area (Å²) in [4.78, 5) is 35.3. The van der Waals surface area contributed by atoms with Gasteiger partial charge in [-0.25, -0.2) is 18.9 Å². The summed E-state index contributed by atoms with van der Waals surface area (Å²) in [5.74, 6) is -0.103. The first kappa shape index (κ1) is 21.3. The minimum Gasteiger partial charge on any atom is -0.368 e. The highest BCUT2D eigenvalue weighted by molar-refractivity contribution is 7.99. The lowest BCUT2D eigenvalue weighted by atomic mass is 10.2. The minimum atomic E-state index is -0.338. The summed E-state index contributed by atoms with van der Waals surface area (Å²) in [5, 5.41) is 5.08. The van der Waals surface area contributed by atoms with Crippen molar-refractivity contribution in [2.45, 2.75) is 23.4 Å². The van der Waals surface area contributed by atoms with E-state index >= 15 is 0 Å². The number of aromatic nitrogens is 4. The molecule has 2 aromatic carbocycles. The van der Waals surface area contributed by atoms with E-state index in [4.69, 9.17) is 0 Å². The number of fused-ring (bicyclic) bond motifs is 1. The average Bonchev–Trinajstić information content (AvgIpc) is 3.16. The topological polar surface area (TPSA) is 75.7 Å². The third-order valence-electron chi connectivity index (χ3n) is 5.71. The van der Waals surface area contributed by atoms with Gasteiger partial charge in [-0.2, -0.15) is 0 Å². The second kappa shape index (κ2) is 9.11. The van der Waals surface area contributed by atoms with Crippen molar-refractivity contribution in [3.63, 3.8) is 0 Å². The number of hydrogen-bond acceptors (Lipinski definition) is 6. The number of anilines is 1. The van der Waals surface area contributed by atoms with Crippen LogP contribution >= 0.6 is 11.8 Å². The van der Waals surface area contributed by atoms with E-state index in [-0.39, 0.29) is 18.1 Å². The van der Waals surface area contributed by atoms with Crippen LogP contribution in [-0.4, -0.2) is 56.2 Å². The van der Waals surface area contributed by atoms with Gasteiger partial charge in [0.05, 0.1) is 0 Å². The monoisotopic (exact) mass is 460 g/mol. The van der Waals surface area contributed by atoms with E-state index in [1.807, 2.05) is 43.3 Å². The first-order chi connectivity index (χ1) is 16.1. The summed E-state index contributed by atoms with van der Waals surface area (Å²) in [6.07, 6.45) is 3.17. The van der Waals surface area contributed by atoms with Crippen molar-refractivity contribution in [2.24, 2.45) is 0 Å². The minimum absolute atomic E-state index is 0.0829. The van der Waals surface area contributed by atoms with Crippen LogP contribution < -0.4 is 10.6 Å². The molecule has 0 radical (unpaired) electrons. The first-order valence-electron chi connectivity index (χ1n) is 10.8. The lowest BCUT2D eigenvalue weighted by Crippen LogP contribution is -2.50. The Morgan fingerprint density at radius 2 is 1.82 bits per heavy atom. The Labute approximate surface area is 195 Å². The van der Waals surface area contributed by atoms with Gasteiger partial charge in [0.2, 0.25) is 5.91 Å². The lowest BCUT2D eigenvalue weighted by Gasteiger charge is -2.36. The average molecular weight is 461 g/mol. The van der Waals surface area contributed by atoms with E-state index < -0.39 is 0 Å². The number of hydrogen-bond donors (Lipinski definition) is 0. The van der Waals surface area contributed by atoms with Crippen molar-refractivity contribution in [1.82, 2.24) is 24.1 Å².